The molecule has 0 amide bonds. The van der Waals surface area contributed by atoms with Crippen molar-refractivity contribution in [3.05, 3.63) is 15.6 Å². The van der Waals surface area contributed by atoms with Crippen molar-refractivity contribution in [3.63, 3.8) is 0 Å². The van der Waals surface area contributed by atoms with E-state index in [4.69, 9.17) is 9.72 Å². The highest BCUT2D eigenvalue weighted by atomic mass is 32.1. The van der Waals surface area contributed by atoms with Crippen LogP contribution in [0.5, 0.6) is 0 Å². The molecular formula is C14H24N2OS. The lowest BCUT2D eigenvalue weighted by molar-refractivity contribution is 0.0595. The number of aromatic nitrogens is 1. The fourth-order valence-corrected chi connectivity index (χ4v) is 3.38. The van der Waals surface area contributed by atoms with Crippen LogP contribution in [0.2, 0.25) is 0 Å². The molecule has 1 saturated carbocycles. The van der Waals surface area contributed by atoms with E-state index in [1.165, 1.54) is 28.4 Å². The summed E-state index contributed by atoms with van der Waals surface area (Å²) in [5.74, 6) is 0.725. The molecule has 1 N–H and O–H groups in total. The quantitative estimate of drug-likeness (QED) is 0.782. The van der Waals surface area contributed by atoms with E-state index in [1.807, 2.05) is 11.3 Å². The average Bonchev–Trinajstić information content (AvgIpc) is 3.14. The summed E-state index contributed by atoms with van der Waals surface area (Å²) in [5.41, 5.74) is 1.34. The minimum Gasteiger partial charge on any atom is -0.371 e. The van der Waals surface area contributed by atoms with E-state index >= 15 is 0 Å². The van der Waals surface area contributed by atoms with Crippen LogP contribution in [0.25, 0.3) is 0 Å². The molecule has 2 rings (SSSR count). The number of hydrogen-bond acceptors (Lipinski definition) is 4. The number of hydrogen-bond donors (Lipinski definition) is 1. The standard InChI is InChI=1S/C14H24N2OS/c1-4-11(17-6-3)14-16-13(10-7-8-10)12(18-14)9-15-5-2/h10-11,15H,4-9H2,1-3H3. The van der Waals surface area contributed by atoms with Crippen molar-refractivity contribution in [2.45, 2.75) is 58.6 Å². The lowest BCUT2D eigenvalue weighted by Gasteiger charge is -2.11. The normalized spacial score (nSPS) is 17.1. The van der Waals surface area contributed by atoms with Crippen molar-refractivity contribution in [1.29, 1.82) is 0 Å². The molecular weight excluding hydrogens is 244 g/mol. The third-order valence-electron chi connectivity index (χ3n) is 3.26. The molecule has 1 aromatic rings. The zero-order valence-electron chi connectivity index (χ0n) is 11.7. The third-order valence-corrected chi connectivity index (χ3v) is 4.42. The van der Waals surface area contributed by atoms with Gasteiger partial charge in [-0.15, -0.1) is 11.3 Å². The summed E-state index contributed by atoms with van der Waals surface area (Å²) in [6.07, 6.45) is 3.82. The van der Waals surface area contributed by atoms with Gasteiger partial charge in [-0.25, -0.2) is 4.98 Å². The van der Waals surface area contributed by atoms with E-state index in [-0.39, 0.29) is 6.10 Å². The van der Waals surface area contributed by atoms with Crippen LogP contribution in [0.3, 0.4) is 0 Å². The smallest absolute Gasteiger partial charge is 0.122 e. The number of nitrogens with zero attached hydrogens (tertiary/aromatic N) is 1. The van der Waals surface area contributed by atoms with Gasteiger partial charge in [0.05, 0.1) is 5.69 Å². The van der Waals surface area contributed by atoms with E-state index in [9.17, 15) is 0 Å². The number of ether oxygens (including phenoxy) is 1. The molecule has 1 fully saturated rings. The number of thiazole rings is 1. The number of nitrogens with one attached hydrogen (secondary N) is 1. The Balaban J connectivity index is 2.15. The van der Waals surface area contributed by atoms with Gasteiger partial charge in [0.1, 0.15) is 11.1 Å². The van der Waals surface area contributed by atoms with Gasteiger partial charge in [-0.2, -0.15) is 0 Å². The fourth-order valence-electron chi connectivity index (χ4n) is 2.13. The predicted molar refractivity (Wildman–Crippen MR) is 76.1 cm³/mol. The van der Waals surface area contributed by atoms with Crippen LogP contribution < -0.4 is 5.32 Å². The lowest BCUT2D eigenvalue weighted by atomic mass is 10.2. The maximum Gasteiger partial charge on any atom is 0.122 e. The van der Waals surface area contributed by atoms with Crippen LogP contribution in [-0.4, -0.2) is 18.1 Å². The summed E-state index contributed by atoms with van der Waals surface area (Å²) in [7, 11) is 0. The summed E-state index contributed by atoms with van der Waals surface area (Å²) in [6, 6.07) is 0. The Morgan fingerprint density at radius 1 is 1.39 bits per heavy atom. The van der Waals surface area contributed by atoms with Gasteiger partial charge in [-0.05, 0) is 32.7 Å². The van der Waals surface area contributed by atoms with Crippen molar-refractivity contribution in [2.75, 3.05) is 13.2 Å². The molecule has 0 aliphatic heterocycles. The fraction of sp³-hybridized carbons (Fsp3) is 0.786. The highest BCUT2D eigenvalue weighted by Gasteiger charge is 2.30. The molecule has 0 spiro atoms. The van der Waals surface area contributed by atoms with Crippen LogP contribution >= 0.6 is 11.3 Å². The SMILES string of the molecule is CCNCc1sc(C(CC)OCC)nc1C1CC1. The minimum atomic E-state index is 0.188. The zero-order chi connectivity index (χ0) is 13.0. The van der Waals surface area contributed by atoms with E-state index in [1.54, 1.807) is 0 Å². The molecule has 3 nitrogen and oxygen atoms in total. The van der Waals surface area contributed by atoms with Gasteiger partial charge in [0, 0.05) is 23.9 Å². The van der Waals surface area contributed by atoms with Gasteiger partial charge in [0.25, 0.3) is 0 Å². The van der Waals surface area contributed by atoms with Crippen molar-refractivity contribution in [1.82, 2.24) is 10.3 Å². The second-order valence-electron chi connectivity index (χ2n) is 4.77. The summed E-state index contributed by atoms with van der Waals surface area (Å²) in [5, 5.41) is 4.59. The van der Waals surface area contributed by atoms with Gasteiger partial charge in [0.15, 0.2) is 0 Å². The molecule has 4 heteroatoms. The molecule has 1 atom stereocenters. The molecule has 1 aliphatic rings. The molecule has 0 bridgehead atoms. The average molecular weight is 268 g/mol. The van der Waals surface area contributed by atoms with E-state index in [0.717, 1.165) is 32.0 Å². The summed E-state index contributed by atoms with van der Waals surface area (Å²) in [4.78, 5) is 6.29. The first-order valence-corrected chi connectivity index (χ1v) is 7.93. The molecule has 102 valence electrons. The molecule has 1 heterocycles. The van der Waals surface area contributed by atoms with Gasteiger partial charge in [0.2, 0.25) is 0 Å². The maximum atomic E-state index is 5.78. The molecule has 0 saturated heterocycles. The molecule has 1 unspecified atom stereocenters. The molecule has 18 heavy (non-hydrogen) atoms. The van der Waals surface area contributed by atoms with Crippen LogP contribution in [-0.2, 0) is 11.3 Å². The molecule has 0 radical (unpaired) electrons. The summed E-state index contributed by atoms with van der Waals surface area (Å²) < 4.78 is 5.78. The first-order chi connectivity index (χ1) is 8.80. The highest BCUT2D eigenvalue weighted by Crippen LogP contribution is 2.43. The topological polar surface area (TPSA) is 34.1 Å². The first-order valence-electron chi connectivity index (χ1n) is 7.11. The lowest BCUT2D eigenvalue weighted by Crippen LogP contribution is -2.11. The largest absolute Gasteiger partial charge is 0.371 e. The van der Waals surface area contributed by atoms with Gasteiger partial charge in [-0.1, -0.05) is 13.8 Å². The van der Waals surface area contributed by atoms with Crippen LogP contribution in [0.4, 0.5) is 0 Å². The Bertz CT molecular complexity index is 374. The Hall–Kier alpha value is -0.450. The molecule has 1 aliphatic carbocycles. The monoisotopic (exact) mass is 268 g/mol. The third kappa shape index (κ3) is 3.31. The van der Waals surface area contributed by atoms with Crippen molar-refractivity contribution in [2.24, 2.45) is 0 Å². The van der Waals surface area contributed by atoms with Gasteiger partial charge >= 0.3 is 0 Å². The predicted octanol–water partition coefficient (Wildman–Crippen LogP) is 3.62. The number of rotatable bonds is 8. The van der Waals surface area contributed by atoms with E-state index in [0.29, 0.717) is 0 Å². The Morgan fingerprint density at radius 3 is 2.72 bits per heavy atom. The second-order valence-corrected chi connectivity index (χ2v) is 5.88. The van der Waals surface area contributed by atoms with Gasteiger partial charge in [-0.3, -0.25) is 0 Å². The van der Waals surface area contributed by atoms with Crippen molar-refractivity contribution >= 4 is 11.3 Å². The van der Waals surface area contributed by atoms with Crippen LogP contribution in [0.15, 0.2) is 0 Å². The highest BCUT2D eigenvalue weighted by molar-refractivity contribution is 7.11. The Labute approximate surface area is 114 Å². The van der Waals surface area contributed by atoms with Gasteiger partial charge < -0.3 is 10.1 Å². The van der Waals surface area contributed by atoms with Crippen LogP contribution in [0, 0.1) is 0 Å². The molecule has 0 aromatic carbocycles. The van der Waals surface area contributed by atoms with Crippen molar-refractivity contribution in [3.8, 4) is 0 Å². The minimum absolute atomic E-state index is 0.188. The summed E-state index contributed by atoms with van der Waals surface area (Å²) >= 11 is 1.84. The Kier molecular flexibility index (Phi) is 5.15. The molecule has 1 aromatic heterocycles. The maximum absolute atomic E-state index is 5.78. The second kappa shape index (κ2) is 6.64. The first kappa shape index (κ1) is 14.0. The van der Waals surface area contributed by atoms with E-state index < -0.39 is 0 Å². The van der Waals surface area contributed by atoms with Crippen molar-refractivity contribution < 1.29 is 4.74 Å². The Morgan fingerprint density at radius 2 is 2.17 bits per heavy atom. The summed E-state index contributed by atoms with van der Waals surface area (Å²) in [6.45, 7) is 9.11. The zero-order valence-corrected chi connectivity index (χ0v) is 12.5. The van der Waals surface area contributed by atoms with E-state index in [2.05, 4.69) is 26.1 Å². The van der Waals surface area contributed by atoms with Crippen LogP contribution in [0.1, 0.15) is 67.6 Å².